The average Bonchev–Trinajstić information content (AvgIpc) is 2.63. The van der Waals surface area contributed by atoms with Crippen LogP contribution < -0.4 is 9.47 Å². The van der Waals surface area contributed by atoms with Crippen LogP contribution >= 0.6 is 0 Å². The van der Waals surface area contributed by atoms with Gasteiger partial charge in [0.25, 0.3) is 0 Å². The van der Waals surface area contributed by atoms with Crippen LogP contribution in [0.15, 0.2) is 42.6 Å². The third-order valence-corrected chi connectivity index (χ3v) is 3.24. The Morgan fingerprint density at radius 2 is 1.85 bits per heavy atom. The monoisotopic (exact) mass is 373 g/mol. The summed E-state index contributed by atoms with van der Waals surface area (Å²) in [6.45, 7) is 4.96. The topological polar surface area (TPSA) is 84.0 Å². The lowest BCUT2D eigenvalue weighted by Gasteiger charge is -2.19. The molecule has 1 aromatic carbocycles. The first-order valence-electron chi connectivity index (χ1n) is 8.38. The van der Waals surface area contributed by atoms with Gasteiger partial charge in [-0.25, -0.2) is 9.59 Å². The van der Waals surface area contributed by atoms with E-state index in [-0.39, 0.29) is 12.2 Å². The van der Waals surface area contributed by atoms with E-state index in [9.17, 15) is 9.59 Å². The Balaban J connectivity index is 2.02. The maximum absolute atomic E-state index is 12.2. The maximum Gasteiger partial charge on any atom is 0.344 e. The summed E-state index contributed by atoms with van der Waals surface area (Å²) in [6, 6.07) is 10.1. The Bertz CT molecular complexity index is 783. The van der Waals surface area contributed by atoms with Crippen molar-refractivity contribution in [2.45, 2.75) is 33.0 Å². The molecule has 0 saturated heterocycles. The van der Waals surface area contributed by atoms with Gasteiger partial charge in [0.1, 0.15) is 12.2 Å². The Hall–Kier alpha value is -3.09. The number of hydrogen-bond acceptors (Lipinski definition) is 7. The predicted molar refractivity (Wildman–Crippen MR) is 97.7 cm³/mol. The standard InChI is InChI=1S/C20H23NO6/c1-20(2,3)27-18(22)13-26-19(23)14-8-9-16(24-4)17(11-14)25-12-15-7-5-6-10-21-15/h5-11H,12-13H2,1-4H3. The van der Waals surface area contributed by atoms with E-state index in [4.69, 9.17) is 18.9 Å². The zero-order valence-corrected chi connectivity index (χ0v) is 15.9. The first-order valence-corrected chi connectivity index (χ1v) is 8.38. The molecular weight excluding hydrogens is 350 g/mol. The van der Waals surface area contributed by atoms with Crippen LogP contribution in [0, 0.1) is 0 Å². The number of esters is 2. The summed E-state index contributed by atoms with van der Waals surface area (Å²) in [5.41, 5.74) is 0.323. The van der Waals surface area contributed by atoms with Crippen LogP contribution in [0.4, 0.5) is 0 Å². The van der Waals surface area contributed by atoms with Crippen molar-refractivity contribution in [1.82, 2.24) is 4.98 Å². The van der Waals surface area contributed by atoms with Gasteiger partial charge in [0, 0.05) is 6.20 Å². The highest BCUT2D eigenvalue weighted by molar-refractivity contribution is 5.91. The molecule has 2 aromatic rings. The van der Waals surface area contributed by atoms with E-state index in [1.807, 2.05) is 18.2 Å². The fraction of sp³-hybridized carbons (Fsp3) is 0.350. The Labute approximate surface area is 158 Å². The summed E-state index contributed by atoms with van der Waals surface area (Å²) in [5, 5.41) is 0. The van der Waals surface area contributed by atoms with Crippen molar-refractivity contribution in [1.29, 1.82) is 0 Å². The zero-order valence-electron chi connectivity index (χ0n) is 15.9. The Morgan fingerprint density at radius 3 is 2.48 bits per heavy atom. The molecular formula is C20H23NO6. The molecule has 7 nitrogen and oxygen atoms in total. The molecule has 0 aliphatic heterocycles. The second-order valence-corrected chi connectivity index (χ2v) is 6.64. The Morgan fingerprint density at radius 1 is 1.07 bits per heavy atom. The van der Waals surface area contributed by atoms with Crippen molar-refractivity contribution in [2.75, 3.05) is 13.7 Å². The van der Waals surface area contributed by atoms with Crippen LogP contribution in [-0.4, -0.2) is 36.2 Å². The number of rotatable bonds is 7. The van der Waals surface area contributed by atoms with Gasteiger partial charge in [0.05, 0.1) is 18.4 Å². The molecule has 0 saturated carbocycles. The van der Waals surface area contributed by atoms with E-state index in [2.05, 4.69) is 4.98 Å². The van der Waals surface area contributed by atoms with Crippen molar-refractivity contribution in [3.8, 4) is 11.5 Å². The van der Waals surface area contributed by atoms with E-state index in [1.54, 1.807) is 33.0 Å². The van der Waals surface area contributed by atoms with Gasteiger partial charge < -0.3 is 18.9 Å². The van der Waals surface area contributed by atoms with Gasteiger partial charge in [-0.3, -0.25) is 4.98 Å². The fourth-order valence-electron chi connectivity index (χ4n) is 2.13. The minimum Gasteiger partial charge on any atom is -0.493 e. The second-order valence-electron chi connectivity index (χ2n) is 6.64. The minimum absolute atomic E-state index is 0.216. The van der Waals surface area contributed by atoms with Gasteiger partial charge in [0.15, 0.2) is 18.1 Å². The van der Waals surface area contributed by atoms with Crippen LogP contribution in [0.2, 0.25) is 0 Å². The first-order chi connectivity index (χ1) is 12.8. The van der Waals surface area contributed by atoms with E-state index >= 15 is 0 Å². The SMILES string of the molecule is COc1ccc(C(=O)OCC(=O)OC(C)(C)C)cc1OCc1ccccn1. The lowest BCUT2D eigenvalue weighted by atomic mass is 10.2. The molecule has 7 heteroatoms. The average molecular weight is 373 g/mol. The largest absolute Gasteiger partial charge is 0.493 e. The van der Waals surface area contributed by atoms with Crippen LogP contribution in [0.25, 0.3) is 0 Å². The number of aromatic nitrogens is 1. The number of carbonyl (C=O) groups excluding carboxylic acids is 2. The fourth-order valence-corrected chi connectivity index (χ4v) is 2.13. The van der Waals surface area contributed by atoms with Crippen molar-refractivity contribution >= 4 is 11.9 Å². The Kier molecular flexibility index (Phi) is 6.76. The van der Waals surface area contributed by atoms with Gasteiger partial charge in [-0.2, -0.15) is 0 Å². The van der Waals surface area contributed by atoms with Crippen LogP contribution in [0.1, 0.15) is 36.8 Å². The van der Waals surface area contributed by atoms with Gasteiger partial charge in [-0.1, -0.05) is 6.07 Å². The molecule has 0 fully saturated rings. The van der Waals surface area contributed by atoms with Gasteiger partial charge in [0.2, 0.25) is 0 Å². The molecule has 0 aliphatic carbocycles. The highest BCUT2D eigenvalue weighted by Gasteiger charge is 2.19. The molecule has 0 bridgehead atoms. The van der Waals surface area contributed by atoms with Crippen molar-refractivity contribution < 1.29 is 28.5 Å². The van der Waals surface area contributed by atoms with E-state index in [0.717, 1.165) is 5.69 Å². The molecule has 0 radical (unpaired) electrons. The smallest absolute Gasteiger partial charge is 0.344 e. The van der Waals surface area contributed by atoms with Gasteiger partial charge in [-0.15, -0.1) is 0 Å². The van der Waals surface area contributed by atoms with Crippen LogP contribution in [0.3, 0.4) is 0 Å². The number of methoxy groups -OCH3 is 1. The summed E-state index contributed by atoms with van der Waals surface area (Å²) in [4.78, 5) is 28.0. The molecule has 0 spiro atoms. The number of nitrogens with zero attached hydrogens (tertiary/aromatic N) is 1. The normalized spacial score (nSPS) is 10.8. The van der Waals surface area contributed by atoms with E-state index in [1.165, 1.54) is 19.2 Å². The summed E-state index contributed by atoms with van der Waals surface area (Å²) in [6.07, 6.45) is 1.67. The van der Waals surface area contributed by atoms with Gasteiger partial charge >= 0.3 is 11.9 Å². The van der Waals surface area contributed by atoms with Crippen molar-refractivity contribution in [3.63, 3.8) is 0 Å². The van der Waals surface area contributed by atoms with Crippen LogP contribution in [-0.2, 0) is 20.9 Å². The number of hydrogen-bond donors (Lipinski definition) is 0. The highest BCUT2D eigenvalue weighted by atomic mass is 16.6. The molecule has 1 heterocycles. The van der Waals surface area contributed by atoms with E-state index < -0.39 is 24.1 Å². The van der Waals surface area contributed by atoms with Crippen molar-refractivity contribution in [2.24, 2.45) is 0 Å². The molecule has 27 heavy (non-hydrogen) atoms. The van der Waals surface area contributed by atoms with Gasteiger partial charge in [-0.05, 0) is 51.1 Å². The maximum atomic E-state index is 12.2. The summed E-state index contributed by atoms with van der Waals surface area (Å²) in [5.74, 6) is -0.438. The molecule has 0 unspecified atom stereocenters. The summed E-state index contributed by atoms with van der Waals surface area (Å²) >= 11 is 0. The number of ether oxygens (including phenoxy) is 4. The van der Waals surface area contributed by atoms with Crippen molar-refractivity contribution in [3.05, 3.63) is 53.9 Å². The molecule has 0 aliphatic rings. The predicted octanol–water partition coefficient (Wildman–Crippen LogP) is 3.17. The number of benzene rings is 1. The number of carbonyl (C=O) groups is 2. The lowest BCUT2D eigenvalue weighted by Crippen LogP contribution is -2.27. The van der Waals surface area contributed by atoms with E-state index in [0.29, 0.717) is 11.5 Å². The zero-order chi connectivity index (χ0) is 19.9. The molecule has 2 rings (SSSR count). The van der Waals surface area contributed by atoms with Crippen LogP contribution in [0.5, 0.6) is 11.5 Å². The molecule has 0 amide bonds. The number of pyridine rings is 1. The molecule has 0 atom stereocenters. The third-order valence-electron chi connectivity index (χ3n) is 3.24. The molecule has 1 aromatic heterocycles. The highest BCUT2D eigenvalue weighted by Crippen LogP contribution is 2.29. The third kappa shape index (κ3) is 6.62. The molecule has 0 N–H and O–H groups in total. The summed E-state index contributed by atoms with van der Waals surface area (Å²) in [7, 11) is 1.50. The first kappa shape index (κ1) is 20.2. The quantitative estimate of drug-likeness (QED) is 0.689. The summed E-state index contributed by atoms with van der Waals surface area (Å²) < 4.78 is 21.1. The molecule has 144 valence electrons. The second kappa shape index (κ2) is 9.02. The minimum atomic E-state index is -0.661. The lowest BCUT2D eigenvalue weighted by molar-refractivity contribution is -0.158.